The molecule has 0 saturated carbocycles. The molecule has 3 nitrogen and oxygen atoms in total. The van der Waals surface area contributed by atoms with Gasteiger partial charge in [-0.3, -0.25) is 4.98 Å². The summed E-state index contributed by atoms with van der Waals surface area (Å²) in [5.41, 5.74) is 8.95. The number of hydrogen-bond donors (Lipinski definition) is 1. The quantitative estimate of drug-likeness (QED) is 0.864. The van der Waals surface area contributed by atoms with Crippen LogP contribution < -0.4 is 10.6 Å². The summed E-state index contributed by atoms with van der Waals surface area (Å²) in [7, 11) is 0. The van der Waals surface area contributed by atoms with E-state index < -0.39 is 0 Å². The van der Waals surface area contributed by atoms with Crippen LogP contribution in [0.25, 0.3) is 10.9 Å². The Labute approximate surface area is 128 Å². The highest BCUT2D eigenvalue weighted by Crippen LogP contribution is 2.33. The van der Waals surface area contributed by atoms with Gasteiger partial charge in [0.25, 0.3) is 0 Å². The minimum absolute atomic E-state index is 0.420. The van der Waals surface area contributed by atoms with E-state index >= 15 is 0 Å². The Balaban J connectivity index is 2.24. The fraction of sp³-hybridized carbons (Fsp3) is 0.333. The van der Waals surface area contributed by atoms with Gasteiger partial charge in [-0.2, -0.15) is 11.8 Å². The number of aromatic nitrogens is 1. The molecular weight excluding hydrogens is 286 g/mol. The number of nitrogens with zero attached hydrogens (tertiary/aromatic N) is 2. The van der Waals surface area contributed by atoms with E-state index in [1.807, 2.05) is 36.2 Å². The highest BCUT2D eigenvalue weighted by molar-refractivity contribution is 7.99. The van der Waals surface area contributed by atoms with Gasteiger partial charge in [-0.15, -0.1) is 0 Å². The summed E-state index contributed by atoms with van der Waals surface area (Å²) in [4.78, 5) is 7.33. The average molecular weight is 303 g/mol. The molecule has 1 atom stereocenters. The van der Waals surface area contributed by atoms with Crippen molar-refractivity contribution in [2.24, 2.45) is 5.73 Å². The maximum absolute atomic E-state index is 5.92. The van der Waals surface area contributed by atoms with Crippen molar-refractivity contribution in [3.05, 3.63) is 36.0 Å². The topological polar surface area (TPSA) is 42.1 Å². The molecule has 3 rings (SSSR count). The van der Waals surface area contributed by atoms with E-state index in [0.29, 0.717) is 11.0 Å². The second kappa shape index (κ2) is 5.58. The first-order chi connectivity index (χ1) is 9.68. The molecule has 1 aliphatic heterocycles. The monoisotopic (exact) mass is 303 g/mol. The van der Waals surface area contributed by atoms with Crippen molar-refractivity contribution in [3.8, 4) is 0 Å². The molecule has 0 radical (unpaired) electrons. The van der Waals surface area contributed by atoms with Crippen molar-refractivity contribution in [2.45, 2.75) is 13.0 Å². The predicted octanol–water partition coefficient (Wildman–Crippen LogP) is 2.81. The van der Waals surface area contributed by atoms with E-state index in [-0.39, 0.29) is 0 Å². The normalized spacial score (nSPS) is 19.2. The first-order valence-electron chi connectivity index (χ1n) is 6.70. The lowest BCUT2D eigenvalue weighted by Gasteiger charge is -2.36. The predicted molar refractivity (Wildman–Crippen MR) is 91.8 cm³/mol. The number of anilines is 1. The van der Waals surface area contributed by atoms with Crippen molar-refractivity contribution >= 4 is 45.6 Å². The molecule has 1 saturated heterocycles. The molecule has 1 fully saturated rings. The third kappa shape index (κ3) is 2.36. The van der Waals surface area contributed by atoms with Crippen molar-refractivity contribution in [1.82, 2.24) is 4.98 Å². The van der Waals surface area contributed by atoms with Gasteiger partial charge in [0.15, 0.2) is 0 Å². The summed E-state index contributed by atoms with van der Waals surface area (Å²) >= 11 is 7.23. The third-order valence-corrected chi connectivity index (χ3v) is 5.08. The van der Waals surface area contributed by atoms with Gasteiger partial charge < -0.3 is 10.6 Å². The zero-order valence-electron chi connectivity index (χ0n) is 11.4. The molecule has 1 unspecified atom stereocenters. The molecule has 20 heavy (non-hydrogen) atoms. The van der Waals surface area contributed by atoms with Gasteiger partial charge in [-0.1, -0.05) is 30.4 Å². The number of fused-ring (bicyclic) bond motifs is 1. The van der Waals surface area contributed by atoms with Crippen LogP contribution in [0.4, 0.5) is 5.69 Å². The third-order valence-electron chi connectivity index (χ3n) is 3.67. The summed E-state index contributed by atoms with van der Waals surface area (Å²) in [5.74, 6) is 2.27. The average Bonchev–Trinajstić information content (AvgIpc) is 2.46. The molecule has 2 N–H and O–H groups in total. The highest BCUT2D eigenvalue weighted by Gasteiger charge is 2.24. The second-order valence-corrected chi connectivity index (χ2v) is 6.61. The maximum Gasteiger partial charge on any atom is 0.107 e. The smallest absolute Gasteiger partial charge is 0.107 e. The van der Waals surface area contributed by atoms with E-state index in [1.54, 1.807) is 0 Å². The highest BCUT2D eigenvalue weighted by atomic mass is 32.2. The molecular formula is C15H17N3S2. The molecule has 1 aromatic carbocycles. The van der Waals surface area contributed by atoms with Crippen LogP contribution in [-0.4, -0.2) is 34.1 Å². The first-order valence-corrected chi connectivity index (χ1v) is 8.26. The minimum atomic E-state index is 0.420. The van der Waals surface area contributed by atoms with Gasteiger partial charge in [0.1, 0.15) is 4.99 Å². The molecule has 0 amide bonds. The van der Waals surface area contributed by atoms with E-state index in [4.69, 9.17) is 18.0 Å². The van der Waals surface area contributed by atoms with Crippen molar-refractivity contribution in [2.75, 3.05) is 23.0 Å². The molecule has 5 heteroatoms. The maximum atomic E-state index is 5.92. The Morgan fingerprint density at radius 3 is 3.00 bits per heavy atom. The van der Waals surface area contributed by atoms with Crippen LogP contribution in [-0.2, 0) is 0 Å². The molecule has 104 valence electrons. The van der Waals surface area contributed by atoms with E-state index in [9.17, 15) is 0 Å². The van der Waals surface area contributed by atoms with E-state index in [0.717, 1.165) is 40.2 Å². The molecule has 0 spiro atoms. The zero-order chi connectivity index (χ0) is 14.1. The van der Waals surface area contributed by atoms with Crippen molar-refractivity contribution in [3.63, 3.8) is 0 Å². The Morgan fingerprint density at radius 2 is 2.25 bits per heavy atom. The lowest BCUT2D eigenvalue weighted by atomic mass is 10.1. The zero-order valence-corrected chi connectivity index (χ0v) is 13.0. The SMILES string of the molecule is CC1CSCCN1c1c(C(N)=S)cnc2ccccc12. The summed E-state index contributed by atoms with van der Waals surface area (Å²) < 4.78 is 0. The number of para-hydroxylation sites is 1. The first kappa shape index (κ1) is 13.6. The molecule has 1 aromatic heterocycles. The Morgan fingerprint density at radius 1 is 1.45 bits per heavy atom. The van der Waals surface area contributed by atoms with Crippen LogP contribution in [0.3, 0.4) is 0 Å². The van der Waals surface area contributed by atoms with Crippen LogP contribution in [0.5, 0.6) is 0 Å². The number of thiocarbonyl (C=S) groups is 1. The van der Waals surface area contributed by atoms with Crippen LogP contribution in [0.1, 0.15) is 12.5 Å². The number of rotatable bonds is 2. The Hall–Kier alpha value is -1.33. The van der Waals surface area contributed by atoms with Crippen LogP contribution in [0.2, 0.25) is 0 Å². The fourth-order valence-corrected chi connectivity index (χ4v) is 3.84. The summed E-state index contributed by atoms with van der Waals surface area (Å²) in [6.45, 7) is 3.28. The summed E-state index contributed by atoms with van der Waals surface area (Å²) in [6, 6.07) is 8.67. The van der Waals surface area contributed by atoms with Gasteiger partial charge in [0, 0.05) is 35.7 Å². The van der Waals surface area contributed by atoms with Crippen LogP contribution in [0, 0.1) is 0 Å². The standard InChI is InChI=1S/C15H17N3S2/c1-10-9-20-7-6-18(10)14-11-4-2-3-5-13(11)17-8-12(14)15(16)19/h2-5,8,10H,6-7,9H2,1H3,(H2,16,19). The summed E-state index contributed by atoms with van der Waals surface area (Å²) in [6.07, 6.45) is 1.81. The van der Waals surface area contributed by atoms with E-state index in [1.165, 1.54) is 0 Å². The Bertz CT molecular complexity index is 657. The number of nitrogens with two attached hydrogens (primary N) is 1. The molecule has 1 aliphatic rings. The largest absolute Gasteiger partial charge is 0.389 e. The van der Waals surface area contributed by atoms with Gasteiger partial charge in [0.2, 0.25) is 0 Å². The van der Waals surface area contributed by atoms with Crippen molar-refractivity contribution in [1.29, 1.82) is 0 Å². The number of pyridine rings is 1. The minimum Gasteiger partial charge on any atom is -0.389 e. The van der Waals surface area contributed by atoms with E-state index in [2.05, 4.69) is 22.9 Å². The second-order valence-electron chi connectivity index (χ2n) is 5.02. The van der Waals surface area contributed by atoms with Gasteiger partial charge in [0.05, 0.1) is 16.8 Å². The molecule has 0 aliphatic carbocycles. The molecule has 2 aromatic rings. The summed E-state index contributed by atoms with van der Waals surface area (Å²) in [5, 5.41) is 1.14. The fourth-order valence-electron chi connectivity index (χ4n) is 2.68. The van der Waals surface area contributed by atoms with Gasteiger partial charge in [-0.05, 0) is 13.0 Å². The molecule has 2 heterocycles. The van der Waals surface area contributed by atoms with Crippen molar-refractivity contribution < 1.29 is 0 Å². The van der Waals surface area contributed by atoms with Gasteiger partial charge >= 0.3 is 0 Å². The van der Waals surface area contributed by atoms with Gasteiger partial charge in [-0.25, -0.2) is 0 Å². The van der Waals surface area contributed by atoms with Crippen LogP contribution in [0.15, 0.2) is 30.5 Å². The number of benzene rings is 1. The lowest BCUT2D eigenvalue weighted by molar-refractivity contribution is 0.701. The Kier molecular flexibility index (Phi) is 3.81. The lowest BCUT2D eigenvalue weighted by Crippen LogP contribution is -2.41. The van der Waals surface area contributed by atoms with Crippen LogP contribution >= 0.6 is 24.0 Å². The molecule has 0 bridgehead atoms. The number of hydrogen-bond acceptors (Lipinski definition) is 4. The number of thioether (sulfide) groups is 1.